The van der Waals surface area contributed by atoms with Crippen molar-refractivity contribution in [2.75, 3.05) is 17.7 Å². The number of pyridine rings is 1. The number of rotatable bonds is 4. The molecule has 0 unspecified atom stereocenters. The van der Waals surface area contributed by atoms with Crippen LogP contribution in [0.4, 0.5) is 24.7 Å². The normalized spacial score (nSPS) is 18.3. The summed E-state index contributed by atoms with van der Waals surface area (Å²) in [6.45, 7) is 0. The summed E-state index contributed by atoms with van der Waals surface area (Å²) in [6, 6.07) is 7.53. The second-order valence-corrected chi connectivity index (χ2v) is 6.81. The van der Waals surface area contributed by atoms with E-state index in [4.69, 9.17) is 4.74 Å². The number of ether oxygens (including phenoxy) is 1. The second-order valence-electron chi connectivity index (χ2n) is 6.81. The predicted octanol–water partition coefficient (Wildman–Crippen LogP) is 4.20. The monoisotopic (exact) mass is 417 g/mol. The predicted molar refractivity (Wildman–Crippen MR) is 103 cm³/mol. The minimum absolute atomic E-state index is 0.0118. The maximum Gasteiger partial charge on any atom is 0.410 e. The molecule has 0 radical (unpaired) electrons. The third-order valence-corrected chi connectivity index (χ3v) is 4.90. The molecule has 1 aromatic carbocycles. The van der Waals surface area contributed by atoms with Crippen LogP contribution in [0.15, 0.2) is 55.0 Å². The topological polar surface area (TPSA) is 81.1 Å². The number of amides is 1. The first-order valence-corrected chi connectivity index (χ1v) is 9.13. The van der Waals surface area contributed by atoms with Gasteiger partial charge >= 0.3 is 6.18 Å². The number of methoxy groups -OCH3 is 1. The Kier molecular flexibility index (Phi) is 5.06. The zero-order valence-electron chi connectivity index (χ0n) is 15.8. The highest BCUT2D eigenvalue weighted by Crippen LogP contribution is 2.44. The Balaban J connectivity index is 1.70. The summed E-state index contributed by atoms with van der Waals surface area (Å²) in [4.78, 5) is 16.6. The molecule has 1 amide bonds. The van der Waals surface area contributed by atoms with Gasteiger partial charge in [-0.1, -0.05) is 12.1 Å². The molecule has 0 saturated carbocycles. The van der Waals surface area contributed by atoms with Gasteiger partial charge in [0, 0.05) is 12.6 Å². The molecule has 0 fully saturated rings. The molecule has 3 heterocycles. The van der Waals surface area contributed by atoms with Gasteiger partial charge in [-0.2, -0.15) is 18.3 Å². The maximum absolute atomic E-state index is 13.8. The highest BCUT2D eigenvalue weighted by Gasteiger charge is 2.47. The Morgan fingerprint density at radius 3 is 2.80 bits per heavy atom. The third-order valence-electron chi connectivity index (χ3n) is 4.90. The van der Waals surface area contributed by atoms with Crippen molar-refractivity contribution in [1.29, 1.82) is 0 Å². The molecule has 4 rings (SSSR count). The van der Waals surface area contributed by atoms with E-state index in [2.05, 4.69) is 20.7 Å². The first-order chi connectivity index (χ1) is 14.4. The SMILES string of the molecule is COc1cccc([C@H]2C[C@H](C(F)(F)F)n3ncc(C(=O)Nc4cccnc4)c3N2)c1. The number of nitrogens with zero attached hydrogens (tertiary/aromatic N) is 3. The zero-order valence-corrected chi connectivity index (χ0v) is 15.8. The molecule has 2 atom stereocenters. The molecular weight excluding hydrogens is 399 g/mol. The molecule has 7 nitrogen and oxygen atoms in total. The minimum Gasteiger partial charge on any atom is -0.497 e. The fourth-order valence-corrected chi connectivity index (χ4v) is 3.44. The molecule has 10 heteroatoms. The lowest BCUT2D eigenvalue weighted by molar-refractivity contribution is -0.173. The molecule has 0 bridgehead atoms. The number of fused-ring (bicyclic) bond motifs is 1. The van der Waals surface area contributed by atoms with E-state index >= 15 is 0 Å². The van der Waals surface area contributed by atoms with Crippen molar-refractivity contribution >= 4 is 17.4 Å². The lowest BCUT2D eigenvalue weighted by Gasteiger charge is -2.34. The number of hydrogen-bond donors (Lipinski definition) is 2. The van der Waals surface area contributed by atoms with Gasteiger partial charge in [-0.25, -0.2) is 4.68 Å². The highest BCUT2D eigenvalue weighted by atomic mass is 19.4. The van der Waals surface area contributed by atoms with Crippen molar-refractivity contribution in [3.05, 3.63) is 66.1 Å². The summed E-state index contributed by atoms with van der Waals surface area (Å²) in [5, 5.41) is 9.54. The number of carbonyl (C=O) groups excluding carboxylic acids is 1. The van der Waals surface area contributed by atoms with Gasteiger partial charge in [0.05, 0.1) is 31.2 Å². The largest absolute Gasteiger partial charge is 0.497 e. The number of carbonyl (C=O) groups is 1. The van der Waals surface area contributed by atoms with E-state index in [9.17, 15) is 18.0 Å². The molecular formula is C20H18F3N5O2. The standard InChI is InChI=1S/C20H18F3N5O2/c1-30-14-6-2-4-12(8-14)16-9-17(20(21,22)23)28-18(27-16)15(11-25-28)19(29)26-13-5-3-7-24-10-13/h2-8,10-11,16-17,27H,9H2,1H3,(H,26,29)/t16-,17-/m1/s1. The summed E-state index contributed by atoms with van der Waals surface area (Å²) in [6.07, 6.45) is -0.669. The number of anilines is 2. The van der Waals surface area contributed by atoms with Crippen LogP contribution in [-0.2, 0) is 0 Å². The Bertz CT molecular complexity index is 1050. The Hall–Kier alpha value is -3.56. The van der Waals surface area contributed by atoms with Gasteiger partial charge in [0.2, 0.25) is 0 Å². The number of hydrogen-bond acceptors (Lipinski definition) is 5. The van der Waals surface area contributed by atoms with Gasteiger partial charge < -0.3 is 15.4 Å². The Morgan fingerprint density at radius 2 is 2.10 bits per heavy atom. The molecule has 1 aliphatic heterocycles. The first-order valence-electron chi connectivity index (χ1n) is 9.13. The van der Waals surface area contributed by atoms with Crippen LogP contribution in [0, 0.1) is 0 Å². The van der Waals surface area contributed by atoms with E-state index in [-0.39, 0.29) is 17.8 Å². The second kappa shape index (κ2) is 7.69. The smallest absolute Gasteiger partial charge is 0.410 e. The van der Waals surface area contributed by atoms with Crippen LogP contribution in [-0.4, -0.2) is 34.0 Å². The molecule has 1 aliphatic rings. The van der Waals surface area contributed by atoms with Crippen LogP contribution in [0.5, 0.6) is 5.75 Å². The summed E-state index contributed by atoms with van der Waals surface area (Å²) in [7, 11) is 1.49. The third kappa shape index (κ3) is 3.80. The molecule has 2 N–H and O–H groups in total. The van der Waals surface area contributed by atoms with Crippen molar-refractivity contribution in [2.45, 2.75) is 24.7 Å². The summed E-state index contributed by atoms with van der Waals surface area (Å²) < 4.78 is 47.4. The summed E-state index contributed by atoms with van der Waals surface area (Å²) in [5.41, 5.74) is 1.06. The number of nitrogens with one attached hydrogen (secondary N) is 2. The highest BCUT2D eigenvalue weighted by molar-refractivity contribution is 6.07. The van der Waals surface area contributed by atoms with Crippen LogP contribution in [0.3, 0.4) is 0 Å². The van der Waals surface area contributed by atoms with Crippen LogP contribution in [0.1, 0.15) is 34.4 Å². The minimum atomic E-state index is -4.53. The van der Waals surface area contributed by atoms with Gasteiger partial charge in [-0.3, -0.25) is 9.78 Å². The molecule has 156 valence electrons. The van der Waals surface area contributed by atoms with Gasteiger partial charge in [0.25, 0.3) is 5.91 Å². The van der Waals surface area contributed by atoms with Crippen molar-refractivity contribution in [3.8, 4) is 5.75 Å². The molecule has 2 aromatic heterocycles. The number of benzene rings is 1. The fraction of sp³-hybridized carbons (Fsp3) is 0.250. The average Bonchev–Trinajstić information content (AvgIpc) is 3.17. The van der Waals surface area contributed by atoms with Crippen LogP contribution >= 0.6 is 0 Å². The quantitative estimate of drug-likeness (QED) is 0.665. The van der Waals surface area contributed by atoms with Gasteiger partial charge in [-0.05, 0) is 29.8 Å². The molecule has 3 aromatic rings. The Labute approximate surface area is 169 Å². The Morgan fingerprint density at radius 1 is 1.27 bits per heavy atom. The van der Waals surface area contributed by atoms with Crippen LogP contribution in [0.2, 0.25) is 0 Å². The molecule has 30 heavy (non-hydrogen) atoms. The lowest BCUT2D eigenvalue weighted by atomic mass is 9.96. The van der Waals surface area contributed by atoms with E-state index in [1.54, 1.807) is 42.6 Å². The number of alkyl halides is 3. The van der Waals surface area contributed by atoms with Crippen molar-refractivity contribution in [1.82, 2.24) is 14.8 Å². The van der Waals surface area contributed by atoms with Gasteiger partial charge in [0.1, 0.15) is 17.1 Å². The van der Waals surface area contributed by atoms with Gasteiger partial charge in [-0.15, -0.1) is 0 Å². The number of halogens is 3. The maximum atomic E-state index is 13.8. The van der Waals surface area contributed by atoms with E-state index in [0.717, 1.165) is 10.9 Å². The number of aromatic nitrogens is 3. The zero-order chi connectivity index (χ0) is 21.3. The lowest BCUT2D eigenvalue weighted by Crippen LogP contribution is -2.36. The van der Waals surface area contributed by atoms with E-state index in [1.165, 1.54) is 13.3 Å². The average molecular weight is 417 g/mol. The van der Waals surface area contributed by atoms with Crippen molar-refractivity contribution in [3.63, 3.8) is 0 Å². The van der Waals surface area contributed by atoms with E-state index in [1.807, 2.05) is 0 Å². The van der Waals surface area contributed by atoms with Gasteiger partial charge in [0.15, 0.2) is 6.04 Å². The first kappa shape index (κ1) is 19.7. The molecule has 0 spiro atoms. The molecule has 0 saturated heterocycles. The van der Waals surface area contributed by atoms with E-state index < -0.39 is 24.2 Å². The van der Waals surface area contributed by atoms with Crippen molar-refractivity contribution < 1.29 is 22.7 Å². The van der Waals surface area contributed by atoms with Crippen molar-refractivity contribution in [2.24, 2.45) is 0 Å². The van der Waals surface area contributed by atoms with E-state index in [0.29, 0.717) is 17.0 Å². The summed E-state index contributed by atoms with van der Waals surface area (Å²) in [5.74, 6) is -0.0340. The van der Waals surface area contributed by atoms with Crippen LogP contribution in [0.25, 0.3) is 0 Å². The molecule has 0 aliphatic carbocycles. The summed E-state index contributed by atoms with van der Waals surface area (Å²) >= 11 is 0. The fourth-order valence-electron chi connectivity index (χ4n) is 3.44. The van der Waals surface area contributed by atoms with Crippen LogP contribution < -0.4 is 15.4 Å².